The van der Waals surface area contributed by atoms with E-state index < -0.39 is 27.6 Å². The van der Waals surface area contributed by atoms with E-state index in [2.05, 4.69) is 0 Å². The quantitative estimate of drug-likeness (QED) is 0.790. The summed E-state index contributed by atoms with van der Waals surface area (Å²) in [6.45, 7) is 3.47. The van der Waals surface area contributed by atoms with Crippen LogP contribution >= 0.6 is 0 Å². The first-order chi connectivity index (χ1) is 7.71. The largest absolute Gasteiger partial charge is 0.511 e. The molecule has 2 unspecified atom stereocenters. The van der Waals surface area contributed by atoms with E-state index in [-0.39, 0.29) is 0 Å². The van der Waals surface area contributed by atoms with E-state index in [0.29, 0.717) is 23.6 Å². The molecule has 0 N–H and O–H groups in total. The maximum Gasteiger partial charge on any atom is 0.511 e. The lowest BCUT2D eigenvalue weighted by molar-refractivity contribution is -0.0502. The van der Waals surface area contributed by atoms with Crippen LogP contribution in [0.4, 0.5) is 13.2 Å². The van der Waals surface area contributed by atoms with Gasteiger partial charge in [0.25, 0.3) is 0 Å². The van der Waals surface area contributed by atoms with Gasteiger partial charge >= 0.3 is 15.5 Å². The molecule has 102 valence electrons. The topological polar surface area (TPSA) is 37.4 Å². The molecule has 1 fully saturated rings. The summed E-state index contributed by atoms with van der Waals surface area (Å²) in [5.41, 5.74) is -5.18. The lowest BCUT2D eigenvalue weighted by Crippen LogP contribution is -2.46. The van der Waals surface area contributed by atoms with Crippen molar-refractivity contribution in [1.29, 1.82) is 0 Å². The molecule has 0 aromatic rings. The van der Waals surface area contributed by atoms with Crippen molar-refractivity contribution in [2.75, 3.05) is 0 Å². The van der Waals surface area contributed by atoms with Gasteiger partial charge in [-0.05, 0) is 26.2 Å². The highest BCUT2D eigenvalue weighted by molar-refractivity contribution is 7.90. The first-order valence-corrected chi connectivity index (χ1v) is 7.25. The van der Waals surface area contributed by atoms with Crippen LogP contribution in [-0.4, -0.2) is 30.3 Å². The summed E-state index contributed by atoms with van der Waals surface area (Å²) in [5.74, 6) is 0. The molecule has 3 nitrogen and oxygen atoms in total. The molecule has 17 heavy (non-hydrogen) atoms. The third-order valence-corrected chi connectivity index (χ3v) is 4.97. The van der Waals surface area contributed by atoms with Crippen LogP contribution in [0.3, 0.4) is 0 Å². The molecule has 2 atom stereocenters. The summed E-state index contributed by atoms with van der Waals surface area (Å²) in [4.78, 5) is 0. The summed E-state index contributed by atoms with van der Waals surface area (Å²) in [5, 5.41) is 0. The van der Waals surface area contributed by atoms with Crippen molar-refractivity contribution < 1.29 is 21.6 Å². The molecule has 0 aromatic heterocycles. The van der Waals surface area contributed by atoms with E-state index in [1.807, 2.05) is 6.92 Å². The van der Waals surface area contributed by atoms with Crippen LogP contribution in [0.5, 0.6) is 0 Å². The zero-order valence-electron chi connectivity index (χ0n) is 10.00. The minimum Gasteiger partial charge on any atom is -0.203 e. The van der Waals surface area contributed by atoms with E-state index in [4.69, 9.17) is 0 Å². The highest BCUT2D eigenvalue weighted by atomic mass is 32.2. The Morgan fingerprint density at radius 2 is 1.88 bits per heavy atom. The van der Waals surface area contributed by atoms with E-state index in [0.717, 1.165) is 12.8 Å². The fourth-order valence-electron chi connectivity index (χ4n) is 2.31. The Morgan fingerprint density at radius 1 is 1.29 bits per heavy atom. The van der Waals surface area contributed by atoms with Gasteiger partial charge < -0.3 is 0 Å². The summed E-state index contributed by atoms with van der Waals surface area (Å²) in [6, 6.07) is -1.04. The third-order valence-electron chi connectivity index (χ3n) is 3.17. The number of halogens is 3. The van der Waals surface area contributed by atoms with E-state index >= 15 is 0 Å². The molecule has 1 heterocycles. The number of nitrogens with zero attached hydrogens (tertiary/aromatic N) is 1. The molecule has 1 aliphatic heterocycles. The van der Waals surface area contributed by atoms with Crippen LogP contribution < -0.4 is 0 Å². The molecule has 7 heteroatoms. The minimum atomic E-state index is -5.18. The second-order valence-corrected chi connectivity index (χ2v) is 6.34. The molecule has 1 rings (SSSR count). The van der Waals surface area contributed by atoms with Gasteiger partial charge in [-0.25, -0.2) is 8.42 Å². The highest BCUT2D eigenvalue weighted by Crippen LogP contribution is 2.37. The van der Waals surface area contributed by atoms with Crippen LogP contribution in [0.25, 0.3) is 0 Å². The molecule has 0 radical (unpaired) electrons. The van der Waals surface area contributed by atoms with Crippen molar-refractivity contribution in [1.82, 2.24) is 4.31 Å². The molecule has 1 aliphatic rings. The van der Waals surface area contributed by atoms with E-state index in [1.54, 1.807) is 0 Å². The molecular weight excluding hydrogens is 255 g/mol. The van der Waals surface area contributed by atoms with Gasteiger partial charge in [0.1, 0.15) is 0 Å². The number of sulfonamides is 1. The van der Waals surface area contributed by atoms with Gasteiger partial charge in [0.05, 0.1) is 0 Å². The van der Waals surface area contributed by atoms with Crippen molar-refractivity contribution in [2.24, 2.45) is 0 Å². The molecule has 0 spiro atoms. The maximum absolute atomic E-state index is 12.5. The predicted octanol–water partition coefficient (Wildman–Crippen LogP) is 2.88. The average molecular weight is 273 g/mol. The van der Waals surface area contributed by atoms with E-state index in [1.165, 1.54) is 6.92 Å². The lowest BCUT2D eigenvalue weighted by Gasteiger charge is -2.28. The van der Waals surface area contributed by atoms with Crippen LogP contribution in [0.2, 0.25) is 0 Å². The normalized spacial score (nSPS) is 27.6. The van der Waals surface area contributed by atoms with Gasteiger partial charge in [-0.15, -0.1) is 0 Å². The Hall–Kier alpha value is -0.300. The smallest absolute Gasteiger partial charge is 0.203 e. The number of alkyl halides is 3. The molecule has 0 saturated carbocycles. The second-order valence-electron chi connectivity index (χ2n) is 4.50. The Morgan fingerprint density at radius 3 is 2.35 bits per heavy atom. The van der Waals surface area contributed by atoms with Crippen LogP contribution in [0.15, 0.2) is 0 Å². The van der Waals surface area contributed by atoms with Gasteiger partial charge in [0.15, 0.2) is 0 Å². The van der Waals surface area contributed by atoms with Crippen molar-refractivity contribution >= 4 is 10.0 Å². The molecule has 0 aromatic carbocycles. The zero-order chi connectivity index (χ0) is 13.3. The first-order valence-electron chi connectivity index (χ1n) is 5.81. The average Bonchev–Trinajstić information content (AvgIpc) is 2.55. The number of unbranched alkanes of at least 4 members (excludes halogenated alkanes) is 1. The van der Waals surface area contributed by atoms with Gasteiger partial charge in [-0.3, -0.25) is 0 Å². The summed E-state index contributed by atoms with van der Waals surface area (Å²) in [7, 11) is -5.17. The number of hydrogen-bond acceptors (Lipinski definition) is 2. The van der Waals surface area contributed by atoms with Crippen LogP contribution in [-0.2, 0) is 10.0 Å². The Kier molecular flexibility index (Phi) is 4.46. The highest BCUT2D eigenvalue weighted by Gasteiger charge is 2.54. The van der Waals surface area contributed by atoms with Gasteiger partial charge in [-0.2, -0.15) is 17.5 Å². The standard InChI is InChI=1S/C10H18F3NO2S/c1-3-4-5-9-7-6-8(2)14(9)17(15,16)10(11,12)13/h8-9H,3-7H2,1-2H3. The van der Waals surface area contributed by atoms with Crippen molar-refractivity contribution in [3.8, 4) is 0 Å². The molecule has 1 saturated heterocycles. The zero-order valence-corrected chi connectivity index (χ0v) is 10.8. The Labute approximate surface area is 100 Å². The summed E-state index contributed by atoms with van der Waals surface area (Å²) in [6.07, 6.45) is 3.14. The molecular formula is C10H18F3NO2S. The summed E-state index contributed by atoms with van der Waals surface area (Å²) < 4.78 is 61.1. The third kappa shape index (κ3) is 2.93. The SMILES string of the molecule is CCCCC1CCC(C)N1S(=O)(=O)C(F)(F)F. The van der Waals surface area contributed by atoms with Crippen molar-refractivity contribution in [3.05, 3.63) is 0 Å². The second kappa shape index (κ2) is 5.14. The van der Waals surface area contributed by atoms with Crippen molar-refractivity contribution in [2.45, 2.75) is 63.5 Å². The number of hydrogen-bond donors (Lipinski definition) is 0. The van der Waals surface area contributed by atoms with Gasteiger partial charge in [0.2, 0.25) is 0 Å². The minimum absolute atomic E-state index is 0.489. The summed E-state index contributed by atoms with van der Waals surface area (Å²) >= 11 is 0. The fraction of sp³-hybridized carbons (Fsp3) is 1.00. The van der Waals surface area contributed by atoms with Crippen LogP contribution in [0.1, 0.15) is 46.0 Å². The van der Waals surface area contributed by atoms with Crippen molar-refractivity contribution in [3.63, 3.8) is 0 Å². The maximum atomic E-state index is 12.5. The predicted molar refractivity (Wildman–Crippen MR) is 58.8 cm³/mol. The Bertz CT molecular complexity index is 353. The molecule has 0 amide bonds. The van der Waals surface area contributed by atoms with Crippen LogP contribution in [0, 0.1) is 0 Å². The first kappa shape index (κ1) is 14.8. The lowest BCUT2D eigenvalue weighted by atomic mass is 10.1. The van der Waals surface area contributed by atoms with Gasteiger partial charge in [0, 0.05) is 12.1 Å². The van der Waals surface area contributed by atoms with Gasteiger partial charge in [-0.1, -0.05) is 19.8 Å². The monoisotopic (exact) mass is 273 g/mol. The fourth-order valence-corrected chi connectivity index (χ4v) is 3.73. The number of rotatable bonds is 4. The molecule has 0 aliphatic carbocycles. The van der Waals surface area contributed by atoms with E-state index in [9.17, 15) is 21.6 Å². The Balaban J connectivity index is 2.92. The molecule has 0 bridgehead atoms.